The van der Waals surface area contributed by atoms with Crippen LogP contribution in [-0.2, 0) is 0 Å². The lowest BCUT2D eigenvalue weighted by Crippen LogP contribution is -2.00. The van der Waals surface area contributed by atoms with E-state index in [0.29, 0.717) is 11.3 Å². The summed E-state index contributed by atoms with van der Waals surface area (Å²) in [6, 6.07) is 56.4. The van der Waals surface area contributed by atoms with Gasteiger partial charge in [0, 0.05) is 32.8 Å². The molecule has 0 spiro atoms. The molecule has 0 N–H and O–H groups in total. The molecule has 2 aromatic heterocycles. The first kappa shape index (κ1) is 27.4. The minimum absolute atomic E-state index is 0.548. The molecule has 4 heteroatoms. The third-order valence-corrected chi connectivity index (χ3v) is 9.39. The fraction of sp³-hybridized carbons (Fsp3) is 0. The molecule has 0 fully saturated rings. The van der Waals surface area contributed by atoms with E-state index in [-0.39, 0.29) is 0 Å². The van der Waals surface area contributed by atoms with Crippen molar-refractivity contribution in [2.45, 2.75) is 0 Å². The highest BCUT2D eigenvalue weighted by molar-refractivity contribution is 6.11. The molecule has 0 amide bonds. The van der Waals surface area contributed by atoms with Crippen molar-refractivity contribution in [1.82, 2.24) is 9.13 Å². The van der Waals surface area contributed by atoms with Crippen LogP contribution in [0.25, 0.3) is 82.1 Å². The highest BCUT2D eigenvalue weighted by Crippen LogP contribution is 2.44. The first-order chi connectivity index (χ1) is 23.8. The molecular weight excluding hydrogens is 585 g/mol. The van der Waals surface area contributed by atoms with E-state index in [1.807, 2.05) is 36.4 Å². The first-order valence-corrected chi connectivity index (χ1v) is 15.9. The number of nitriles is 1. The first-order valence-electron chi connectivity index (χ1n) is 15.9. The Morgan fingerprint density at radius 3 is 1.56 bits per heavy atom. The van der Waals surface area contributed by atoms with Crippen LogP contribution in [0.4, 0.5) is 5.69 Å². The predicted molar refractivity (Wildman–Crippen MR) is 197 cm³/mol. The number of rotatable bonds is 4. The normalized spacial score (nSPS) is 11.3. The van der Waals surface area contributed by atoms with E-state index in [1.165, 1.54) is 10.8 Å². The summed E-state index contributed by atoms with van der Waals surface area (Å²) in [6.07, 6.45) is 0. The molecule has 0 bridgehead atoms. The van der Waals surface area contributed by atoms with Crippen LogP contribution in [0, 0.1) is 17.9 Å². The minimum Gasteiger partial charge on any atom is -0.318 e. The smallest absolute Gasteiger partial charge is 0.211 e. The molecule has 0 aliphatic rings. The summed E-state index contributed by atoms with van der Waals surface area (Å²) in [4.78, 5) is 4.04. The van der Waals surface area contributed by atoms with Gasteiger partial charge in [-0.3, -0.25) is 0 Å². The molecule has 9 aromatic rings. The molecule has 0 atom stereocenters. The van der Waals surface area contributed by atoms with Gasteiger partial charge in [0.05, 0.1) is 46.0 Å². The lowest BCUT2D eigenvalue weighted by atomic mass is 9.89. The Bertz CT molecular complexity index is 2710. The van der Waals surface area contributed by atoms with Gasteiger partial charge in [0.1, 0.15) is 0 Å². The number of nitrogens with zero attached hydrogens (tertiary/aromatic N) is 4. The molecule has 0 unspecified atom stereocenters. The van der Waals surface area contributed by atoms with Crippen molar-refractivity contribution in [3.05, 3.63) is 175 Å². The van der Waals surface area contributed by atoms with E-state index < -0.39 is 0 Å². The topological polar surface area (TPSA) is 38.0 Å². The Hall–Kier alpha value is -6.88. The number of hydrogen-bond acceptors (Lipinski definition) is 1. The van der Waals surface area contributed by atoms with E-state index in [0.717, 1.165) is 66.5 Å². The fourth-order valence-electron chi connectivity index (χ4n) is 7.42. The van der Waals surface area contributed by atoms with Crippen LogP contribution in [0.1, 0.15) is 5.56 Å². The molecular formula is C44H26N4. The number of fused-ring (bicyclic) bond motifs is 6. The maximum atomic E-state index is 10.5. The number of para-hydroxylation sites is 5. The third-order valence-electron chi connectivity index (χ3n) is 9.39. The van der Waals surface area contributed by atoms with Crippen LogP contribution in [0.15, 0.2) is 158 Å². The Morgan fingerprint density at radius 1 is 0.500 bits per heavy atom. The van der Waals surface area contributed by atoms with Gasteiger partial charge in [0.15, 0.2) is 0 Å². The zero-order chi connectivity index (χ0) is 32.2. The van der Waals surface area contributed by atoms with Gasteiger partial charge in [-0.2, -0.15) is 5.26 Å². The molecule has 9 rings (SSSR count). The Labute approximate surface area is 277 Å². The summed E-state index contributed by atoms with van der Waals surface area (Å²) < 4.78 is 4.51. The van der Waals surface area contributed by atoms with Crippen LogP contribution in [0.3, 0.4) is 0 Å². The van der Waals surface area contributed by atoms with Crippen LogP contribution in [0.5, 0.6) is 0 Å². The molecule has 7 aromatic carbocycles. The highest BCUT2D eigenvalue weighted by atomic mass is 15.0. The Morgan fingerprint density at radius 2 is 1.00 bits per heavy atom. The zero-order valence-corrected chi connectivity index (χ0v) is 25.8. The molecule has 0 aliphatic heterocycles. The molecule has 0 saturated heterocycles. The van der Waals surface area contributed by atoms with Crippen molar-refractivity contribution in [3.63, 3.8) is 0 Å². The van der Waals surface area contributed by atoms with Crippen LogP contribution >= 0.6 is 0 Å². The largest absolute Gasteiger partial charge is 0.318 e. The summed E-state index contributed by atoms with van der Waals surface area (Å²) >= 11 is 0. The SMILES string of the molecule is [C-]#[N+]c1cccc(-c2cccc(C#N)c2-c2cccc(-n3c4ccccc4c4ccccc43)c2)c1-n1c2ccccc2c2ccccc21. The molecule has 0 aliphatic carbocycles. The zero-order valence-electron chi connectivity index (χ0n) is 25.8. The van der Waals surface area contributed by atoms with E-state index in [1.54, 1.807) is 0 Å². The summed E-state index contributed by atoms with van der Waals surface area (Å²) in [5.74, 6) is 0. The number of benzene rings is 7. The number of hydrogen-bond donors (Lipinski definition) is 0. The average Bonchev–Trinajstić information content (AvgIpc) is 3.67. The standard InChI is InChI=1S/C44H26N4/c1-46-38-22-12-21-37(44(38)48-41-25-8-4-18-34(41)35-19-5-9-26-42(35)48)36-20-11-14-30(28-45)43(36)29-13-10-15-31(27-29)47-39-23-6-2-16-32(39)33-17-3-7-24-40(33)47/h2-27H. The maximum absolute atomic E-state index is 10.5. The van der Waals surface area contributed by atoms with Gasteiger partial charge in [-0.15, -0.1) is 0 Å². The Balaban J connectivity index is 1.33. The van der Waals surface area contributed by atoms with Gasteiger partial charge in [-0.25, -0.2) is 4.85 Å². The second-order valence-corrected chi connectivity index (χ2v) is 11.9. The lowest BCUT2D eigenvalue weighted by molar-refractivity contribution is 1.18. The van der Waals surface area contributed by atoms with Gasteiger partial charge in [-0.05, 0) is 59.2 Å². The highest BCUT2D eigenvalue weighted by Gasteiger charge is 2.22. The lowest BCUT2D eigenvalue weighted by Gasteiger charge is -2.19. The summed E-state index contributed by atoms with van der Waals surface area (Å²) in [5, 5.41) is 15.2. The van der Waals surface area contributed by atoms with Gasteiger partial charge in [0.2, 0.25) is 5.69 Å². The maximum Gasteiger partial charge on any atom is 0.211 e. The molecule has 0 radical (unpaired) electrons. The van der Waals surface area contributed by atoms with Crippen molar-refractivity contribution in [2.24, 2.45) is 0 Å². The predicted octanol–water partition coefficient (Wildman–Crippen LogP) is 11.6. The van der Waals surface area contributed by atoms with Gasteiger partial charge >= 0.3 is 0 Å². The Kier molecular flexibility index (Phi) is 6.22. The molecule has 48 heavy (non-hydrogen) atoms. The summed E-state index contributed by atoms with van der Waals surface area (Å²) in [5.41, 5.74) is 10.8. The summed E-state index contributed by atoms with van der Waals surface area (Å²) in [7, 11) is 0. The molecule has 2 heterocycles. The monoisotopic (exact) mass is 610 g/mol. The van der Waals surface area contributed by atoms with Gasteiger partial charge in [-0.1, -0.05) is 115 Å². The van der Waals surface area contributed by atoms with Crippen molar-refractivity contribution in [1.29, 1.82) is 5.26 Å². The second kappa shape index (κ2) is 10.9. The van der Waals surface area contributed by atoms with Crippen molar-refractivity contribution in [3.8, 4) is 39.7 Å². The van der Waals surface area contributed by atoms with Crippen LogP contribution in [0.2, 0.25) is 0 Å². The summed E-state index contributed by atoms with van der Waals surface area (Å²) in [6.45, 7) is 8.26. The van der Waals surface area contributed by atoms with Gasteiger partial charge < -0.3 is 9.13 Å². The minimum atomic E-state index is 0.548. The van der Waals surface area contributed by atoms with Crippen LogP contribution in [-0.4, -0.2) is 9.13 Å². The van der Waals surface area contributed by atoms with Crippen molar-refractivity contribution in [2.75, 3.05) is 0 Å². The van der Waals surface area contributed by atoms with E-state index in [4.69, 9.17) is 6.57 Å². The van der Waals surface area contributed by atoms with E-state index in [2.05, 4.69) is 141 Å². The third kappa shape index (κ3) is 4.01. The van der Waals surface area contributed by atoms with E-state index in [9.17, 15) is 5.26 Å². The van der Waals surface area contributed by atoms with E-state index >= 15 is 0 Å². The van der Waals surface area contributed by atoms with Gasteiger partial charge in [0.25, 0.3) is 0 Å². The fourth-order valence-corrected chi connectivity index (χ4v) is 7.42. The molecule has 0 saturated carbocycles. The second-order valence-electron chi connectivity index (χ2n) is 11.9. The average molecular weight is 611 g/mol. The molecule has 4 nitrogen and oxygen atoms in total. The van der Waals surface area contributed by atoms with Crippen LogP contribution < -0.4 is 0 Å². The van der Waals surface area contributed by atoms with Crippen molar-refractivity contribution >= 4 is 49.3 Å². The molecule has 222 valence electrons. The van der Waals surface area contributed by atoms with Crippen molar-refractivity contribution < 1.29 is 0 Å². The quantitative estimate of drug-likeness (QED) is 0.183. The number of aromatic nitrogens is 2.